The van der Waals surface area contributed by atoms with Crippen molar-refractivity contribution in [1.82, 2.24) is 19.9 Å². The molecule has 2 aromatic heterocycles. The highest BCUT2D eigenvalue weighted by molar-refractivity contribution is 6.10. The smallest absolute Gasteiger partial charge is 0.286 e. The molecule has 2 fully saturated rings. The average molecular weight is 520 g/mol. The molecule has 10 nitrogen and oxygen atoms in total. The van der Waals surface area contributed by atoms with Crippen molar-refractivity contribution in [1.29, 1.82) is 0 Å². The van der Waals surface area contributed by atoms with Gasteiger partial charge in [-0.3, -0.25) is 19.4 Å². The molecule has 0 bridgehead atoms. The summed E-state index contributed by atoms with van der Waals surface area (Å²) in [6.45, 7) is 0.846. The Morgan fingerprint density at radius 3 is 2.33 bits per heavy atom. The fourth-order valence-electron chi connectivity index (χ4n) is 5.85. The van der Waals surface area contributed by atoms with Crippen molar-refractivity contribution in [3.63, 3.8) is 0 Å². The van der Waals surface area contributed by atoms with E-state index in [1.165, 1.54) is 0 Å². The van der Waals surface area contributed by atoms with Crippen molar-refractivity contribution in [3.8, 4) is 11.1 Å². The third kappa shape index (κ3) is 3.45. The average Bonchev–Trinajstić information content (AvgIpc) is 3.64. The van der Waals surface area contributed by atoms with Gasteiger partial charge in [0.2, 0.25) is 17.6 Å². The van der Waals surface area contributed by atoms with Crippen molar-refractivity contribution >= 4 is 34.2 Å². The Kier molecular flexibility index (Phi) is 4.89. The molecule has 39 heavy (non-hydrogen) atoms. The minimum Gasteiger partial charge on any atom is -0.363 e. The zero-order chi connectivity index (χ0) is 26.9. The van der Waals surface area contributed by atoms with Crippen LogP contribution in [-0.2, 0) is 21.5 Å². The zero-order valence-corrected chi connectivity index (χ0v) is 21.0. The lowest BCUT2D eigenvalue weighted by Gasteiger charge is -2.47. The molecule has 1 aliphatic carbocycles. The SMILES string of the molecule is NC(=O)c1ncc(-c2c(CN3C(=O)C4(CN(C(=O)C5(N)CC5)C4)c4ccccc43)ncc3ccccc23)cn1. The van der Waals surface area contributed by atoms with E-state index in [2.05, 4.69) is 9.97 Å². The monoisotopic (exact) mass is 519 g/mol. The number of fused-ring (bicyclic) bond motifs is 3. The van der Waals surface area contributed by atoms with Crippen LogP contribution in [0.15, 0.2) is 67.1 Å². The second-order valence-corrected chi connectivity index (χ2v) is 10.6. The first-order valence-electron chi connectivity index (χ1n) is 12.8. The molecular weight excluding hydrogens is 494 g/mol. The van der Waals surface area contributed by atoms with Crippen LogP contribution in [0.5, 0.6) is 0 Å². The largest absolute Gasteiger partial charge is 0.363 e. The van der Waals surface area contributed by atoms with Crippen LogP contribution in [0.2, 0.25) is 0 Å². The highest BCUT2D eigenvalue weighted by Gasteiger charge is 2.62. The topological polar surface area (TPSA) is 148 Å². The number of para-hydroxylation sites is 1. The summed E-state index contributed by atoms with van der Waals surface area (Å²) in [6.07, 6.45) is 6.27. The number of hydrogen-bond donors (Lipinski definition) is 2. The molecule has 4 heterocycles. The van der Waals surface area contributed by atoms with E-state index in [0.717, 1.165) is 27.6 Å². The van der Waals surface area contributed by atoms with E-state index in [1.54, 1.807) is 28.4 Å². The molecule has 2 aromatic carbocycles. The predicted octanol–water partition coefficient (Wildman–Crippen LogP) is 1.91. The molecule has 2 aliphatic heterocycles. The van der Waals surface area contributed by atoms with Crippen molar-refractivity contribution < 1.29 is 14.4 Å². The second kappa shape index (κ2) is 8.15. The molecule has 4 aromatic rings. The lowest BCUT2D eigenvalue weighted by atomic mass is 9.74. The Morgan fingerprint density at radius 1 is 0.923 bits per heavy atom. The van der Waals surface area contributed by atoms with Crippen LogP contribution in [0, 0.1) is 0 Å². The Morgan fingerprint density at radius 2 is 1.62 bits per heavy atom. The quantitative estimate of drug-likeness (QED) is 0.409. The molecule has 0 radical (unpaired) electrons. The third-order valence-electron chi connectivity index (χ3n) is 8.14. The standard InChI is InChI=1S/C29H25N7O3/c30-24(37)25-33-12-18(13-34-25)23-19-6-2-1-5-17(19)11-32-21(23)14-36-22-8-4-3-7-20(22)28(26(36)38)15-35(16-28)27(39)29(31)9-10-29/h1-8,11-13H,9-10,14-16,31H2,(H2,30,37). The number of pyridine rings is 1. The summed E-state index contributed by atoms with van der Waals surface area (Å²) in [7, 11) is 0. The number of rotatable bonds is 5. The third-order valence-corrected chi connectivity index (χ3v) is 8.14. The molecule has 3 amide bonds. The molecule has 3 aliphatic rings. The number of hydrogen-bond acceptors (Lipinski definition) is 7. The first kappa shape index (κ1) is 23.4. The Hall–Kier alpha value is -4.70. The van der Waals surface area contributed by atoms with Gasteiger partial charge in [0, 0.05) is 53.9 Å². The molecule has 1 saturated heterocycles. The summed E-state index contributed by atoms with van der Waals surface area (Å²) < 4.78 is 0. The van der Waals surface area contributed by atoms with E-state index in [0.29, 0.717) is 37.2 Å². The van der Waals surface area contributed by atoms with Gasteiger partial charge >= 0.3 is 0 Å². The number of aromatic nitrogens is 3. The minimum absolute atomic E-state index is 0.0594. The van der Waals surface area contributed by atoms with Crippen molar-refractivity contribution in [2.24, 2.45) is 11.5 Å². The number of nitrogens with zero attached hydrogens (tertiary/aromatic N) is 5. The maximum absolute atomic E-state index is 14.1. The number of carbonyl (C=O) groups excluding carboxylic acids is 3. The van der Waals surface area contributed by atoms with Gasteiger partial charge in [0.1, 0.15) is 5.41 Å². The molecule has 1 saturated carbocycles. The van der Waals surface area contributed by atoms with Gasteiger partial charge in [-0.15, -0.1) is 0 Å². The van der Waals surface area contributed by atoms with Crippen LogP contribution in [0.3, 0.4) is 0 Å². The molecule has 0 atom stereocenters. The number of nitrogens with two attached hydrogens (primary N) is 2. The maximum atomic E-state index is 14.1. The highest BCUT2D eigenvalue weighted by atomic mass is 16.2. The number of benzene rings is 2. The van der Waals surface area contributed by atoms with E-state index < -0.39 is 16.9 Å². The fourth-order valence-corrected chi connectivity index (χ4v) is 5.85. The van der Waals surface area contributed by atoms with Crippen LogP contribution in [0.1, 0.15) is 34.7 Å². The van der Waals surface area contributed by atoms with Gasteiger partial charge in [-0.2, -0.15) is 0 Å². The number of amides is 3. The van der Waals surface area contributed by atoms with Crippen LogP contribution in [0.4, 0.5) is 5.69 Å². The van der Waals surface area contributed by atoms with Gasteiger partial charge in [-0.25, -0.2) is 9.97 Å². The summed E-state index contributed by atoms with van der Waals surface area (Å²) in [5.41, 5.74) is 13.8. The fraction of sp³-hybridized carbons (Fsp3) is 0.241. The lowest BCUT2D eigenvalue weighted by molar-refractivity contribution is -0.146. The summed E-state index contributed by atoms with van der Waals surface area (Å²) >= 11 is 0. The van der Waals surface area contributed by atoms with Gasteiger partial charge in [0.05, 0.1) is 17.8 Å². The summed E-state index contributed by atoms with van der Waals surface area (Å²) in [5, 5.41) is 1.84. The molecule has 0 unspecified atom stereocenters. The Labute approximate surface area is 223 Å². The number of carbonyl (C=O) groups is 3. The van der Waals surface area contributed by atoms with E-state index >= 15 is 0 Å². The van der Waals surface area contributed by atoms with Gasteiger partial charge < -0.3 is 21.3 Å². The molecule has 7 rings (SSSR count). The van der Waals surface area contributed by atoms with Crippen molar-refractivity contribution in [3.05, 3.63) is 84.2 Å². The van der Waals surface area contributed by atoms with E-state index in [9.17, 15) is 14.4 Å². The van der Waals surface area contributed by atoms with Crippen LogP contribution in [-0.4, -0.2) is 56.2 Å². The second-order valence-electron chi connectivity index (χ2n) is 10.6. The Bertz CT molecular complexity index is 1690. The highest BCUT2D eigenvalue weighted by Crippen LogP contribution is 2.49. The van der Waals surface area contributed by atoms with Gasteiger partial charge in [-0.05, 0) is 29.9 Å². The normalized spacial score (nSPS) is 18.2. The van der Waals surface area contributed by atoms with Gasteiger partial charge in [-0.1, -0.05) is 42.5 Å². The van der Waals surface area contributed by atoms with Crippen LogP contribution in [0.25, 0.3) is 21.9 Å². The zero-order valence-electron chi connectivity index (χ0n) is 21.0. The summed E-state index contributed by atoms with van der Waals surface area (Å²) in [4.78, 5) is 55.0. The molecule has 1 spiro atoms. The van der Waals surface area contributed by atoms with Crippen LogP contribution < -0.4 is 16.4 Å². The predicted molar refractivity (Wildman–Crippen MR) is 143 cm³/mol. The van der Waals surface area contributed by atoms with Crippen LogP contribution >= 0.6 is 0 Å². The van der Waals surface area contributed by atoms with Gasteiger partial charge in [0.15, 0.2) is 0 Å². The van der Waals surface area contributed by atoms with E-state index in [-0.39, 0.29) is 24.2 Å². The molecule has 10 heteroatoms. The Balaban J connectivity index is 1.28. The molecule has 194 valence electrons. The molecule has 4 N–H and O–H groups in total. The molecular formula is C29H25N7O3. The number of likely N-dealkylation sites (tertiary alicyclic amines) is 1. The number of anilines is 1. The first-order valence-corrected chi connectivity index (χ1v) is 12.8. The van der Waals surface area contributed by atoms with Gasteiger partial charge in [0.25, 0.3) is 5.91 Å². The summed E-state index contributed by atoms with van der Waals surface area (Å²) in [5.74, 6) is -0.920. The first-order chi connectivity index (χ1) is 18.8. The van der Waals surface area contributed by atoms with Crippen molar-refractivity contribution in [2.45, 2.75) is 30.3 Å². The van der Waals surface area contributed by atoms with E-state index in [1.807, 2.05) is 48.5 Å². The van der Waals surface area contributed by atoms with Crippen molar-refractivity contribution in [2.75, 3.05) is 18.0 Å². The van der Waals surface area contributed by atoms with E-state index in [4.69, 9.17) is 16.5 Å². The maximum Gasteiger partial charge on any atom is 0.286 e. The number of primary amides is 1. The lowest BCUT2D eigenvalue weighted by Crippen LogP contribution is -2.67. The summed E-state index contributed by atoms with van der Waals surface area (Å²) in [6, 6.07) is 15.5. The minimum atomic E-state index is -0.791.